The molecule has 0 spiro atoms. The first kappa shape index (κ1) is 19.3. The standard InChI is InChI=1S/C24H19N5O4/c30-23-16-13-17-19(6-9-29(24(17)31)22-4-7-25-27-22)26-18(16)5-8-28(23)14-15-2-3-20-21(12-15)33-11-1-10-32-20/h2-9,12-13H,1,10-11,14H2,(H,25,27). The highest BCUT2D eigenvalue weighted by Gasteiger charge is 2.13. The summed E-state index contributed by atoms with van der Waals surface area (Å²) in [7, 11) is 0. The predicted octanol–water partition coefficient (Wildman–Crippen LogP) is 2.63. The number of benzene rings is 1. The zero-order valence-electron chi connectivity index (χ0n) is 17.5. The largest absolute Gasteiger partial charge is 0.490 e. The molecule has 9 heteroatoms. The molecule has 0 fully saturated rings. The molecule has 0 saturated heterocycles. The Hall–Kier alpha value is -4.40. The minimum atomic E-state index is -0.274. The Morgan fingerprint density at radius 3 is 2.48 bits per heavy atom. The molecule has 0 saturated carbocycles. The first-order valence-electron chi connectivity index (χ1n) is 10.6. The Labute approximate surface area is 186 Å². The van der Waals surface area contributed by atoms with Gasteiger partial charge in [-0.3, -0.25) is 19.3 Å². The average Bonchev–Trinajstić information content (AvgIpc) is 3.26. The third-order valence-electron chi connectivity index (χ3n) is 5.73. The predicted molar refractivity (Wildman–Crippen MR) is 122 cm³/mol. The van der Waals surface area contributed by atoms with Gasteiger partial charge in [-0.2, -0.15) is 5.10 Å². The molecule has 164 valence electrons. The number of nitrogens with one attached hydrogen (secondary N) is 1. The summed E-state index contributed by atoms with van der Waals surface area (Å²) in [5.41, 5.74) is 1.50. The number of pyridine rings is 3. The van der Waals surface area contributed by atoms with Gasteiger partial charge < -0.3 is 14.0 Å². The molecule has 1 aliphatic rings. The molecule has 4 aromatic heterocycles. The smallest absolute Gasteiger partial charge is 0.265 e. The van der Waals surface area contributed by atoms with Crippen molar-refractivity contribution in [2.75, 3.05) is 13.2 Å². The SMILES string of the molecule is O=c1c2cc3c(=O)n(-c4ccn[nH]4)ccc3nc2ccn1Cc1ccc2c(c1)OCCCO2. The Morgan fingerprint density at radius 1 is 0.879 bits per heavy atom. The fourth-order valence-electron chi connectivity index (χ4n) is 4.06. The Balaban J connectivity index is 1.44. The van der Waals surface area contributed by atoms with Gasteiger partial charge >= 0.3 is 0 Å². The van der Waals surface area contributed by atoms with Crippen LogP contribution in [-0.4, -0.2) is 37.5 Å². The molecular formula is C24H19N5O4. The molecule has 0 atom stereocenters. The first-order valence-corrected chi connectivity index (χ1v) is 10.6. The van der Waals surface area contributed by atoms with Crippen LogP contribution < -0.4 is 20.6 Å². The van der Waals surface area contributed by atoms with Crippen molar-refractivity contribution in [3.05, 3.63) is 87.3 Å². The maximum Gasteiger partial charge on any atom is 0.265 e. The van der Waals surface area contributed by atoms with E-state index in [2.05, 4.69) is 15.2 Å². The van der Waals surface area contributed by atoms with E-state index in [1.165, 1.54) is 4.57 Å². The number of hydrogen-bond acceptors (Lipinski definition) is 6. The van der Waals surface area contributed by atoms with E-state index in [-0.39, 0.29) is 11.1 Å². The maximum absolute atomic E-state index is 13.3. The van der Waals surface area contributed by atoms with E-state index < -0.39 is 0 Å². The lowest BCUT2D eigenvalue weighted by Gasteiger charge is -2.11. The van der Waals surface area contributed by atoms with E-state index in [1.54, 1.807) is 47.4 Å². The van der Waals surface area contributed by atoms with Crippen LogP contribution in [0.4, 0.5) is 0 Å². The molecule has 0 radical (unpaired) electrons. The number of fused-ring (bicyclic) bond motifs is 3. The third-order valence-corrected chi connectivity index (χ3v) is 5.73. The van der Waals surface area contributed by atoms with Crippen molar-refractivity contribution < 1.29 is 9.47 Å². The van der Waals surface area contributed by atoms with E-state index in [9.17, 15) is 9.59 Å². The Bertz CT molecular complexity index is 1620. The van der Waals surface area contributed by atoms with Crippen molar-refractivity contribution in [1.82, 2.24) is 24.3 Å². The topological polar surface area (TPSA) is 104 Å². The summed E-state index contributed by atoms with van der Waals surface area (Å²) in [6.45, 7) is 1.58. The molecule has 6 rings (SSSR count). The molecule has 5 heterocycles. The molecule has 1 aromatic carbocycles. The summed E-state index contributed by atoms with van der Waals surface area (Å²) in [5, 5.41) is 7.43. The summed E-state index contributed by atoms with van der Waals surface area (Å²) < 4.78 is 14.5. The number of rotatable bonds is 3. The lowest BCUT2D eigenvalue weighted by Crippen LogP contribution is -2.22. The summed E-state index contributed by atoms with van der Waals surface area (Å²) in [6, 6.07) is 12.6. The number of H-pyrrole nitrogens is 1. The number of aromatic nitrogens is 5. The molecular weight excluding hydrogens is 422 g/mol. The van der Waals surface area contributed by atoms with E-state index in [0.717, 1.165) is 12.0 Å². The van der Waals surface area contributed by atoms with Crippen molar-refractivity contribution in [2.24, 2.45) is 0 Å². The number of aromatic amines is 1. The fourth-order valence-corrected chi connectivity index (χ4v) is 4.06. The lowest BCUT2D eigenvalue weighted by atomic mass is 10.1. The molecule has 0 amide bonds. The molecule has 0 unspecified atom stereocenters. The number of hydrogen-bond donors (Lipinski definition) is 1. The summed E-state index contributed by atoms with van der Waals surface area (Å²) in [6.07, 6.45) is 5.76. The number of nitrogens with zero attached hydrogens (tertiary/aromatic N) is 4. The average molecular weight is 441 g/mol. The van der Waals surface area contributed by atoms with Crippen LogP contribution in [0.1, 0.15) is 12.0 Å². The van der Waals surface area contributed by atoms with Crippen LogP contribution in [0.2, 0.25) is 0 Å². The zero-order valence-corrected chi connectivity index (χ0v) is 17.5. The monoisotopic (exact) mass is 441 g/mol. The van der Waals surface area contributed by atoms with Crippen LogP contribution in [-0.2, 0) is 6.54 Å². The van der Waals surface area contributed by atoms with Gasteiger partial charge in [-0.15, -0.1) is 0 Å². The van der Waals surface area contributed by atoms with Gasteiger partial charge in [-0.25, -0.2) is 4.98 Å². The Kier molecular flexibility index (Phi) is 4.46. The third kappa shape index (κ3) is 3.34. The highest BCUT2D eigenvalue weighted by Crippen LogP contribution is 2.30. The Morgan fingerprint density at radius 2 is 1.67 bits per heavy atom. The molecule has 5 aromatic rings. The summed E-state index contributed by atoms with van der Waals surface area (Å²) >= 11 is 0. The fraction of sp³-hybridized carbons (Fsp3) is 0.167. The second kappa shape index (κ2) is 7.63. The van der Waals surface area contributed by atoms with Gasteiger partial charge in [0.25, 0.3) is 11.1 Å². The van der Waals surface area contributed by atoms with E-state index in [1.807, 2.05) is 18.2 Å². The summed E-state index contributed by atoms with van der Waals surface area (Å²) in [5.74, 6) is 1.94. The zero-order chi connectivity index (χ0) is 22.4. The van der Waals surface area contributed by atoms with Gasteiger partial charge in [0.2, 0.25) is 0 Å². The second-order valence-corrected chi connectivity index (χ2v) is 7.87. The van der Waals surface area contributed by atoms with E-state index in [0.29, 0.717) is 58.9 Å². The van der Waals surface area contributed by atoms with Crippen LogP contribution in [0.5, 0.6) is 11.5 Å². The normalized spacial score (nSPS) is 13.3. The van der Waals surface area contributed by atoms with E-state index in [4.69, 9.17) is 9.47 Å². The van der Waals surface area contributed by atoms with Crippen LogP contribution in [0, 0.1) is 0 Å². The van der Waals surface area contributed by atoms with Gasteiger partial charge in [-0.1, -0.05) is 6.07 Å². The van der Waals surface area contributed by atoms with Gasteiger partial charge in [0.1, 0.15) is 5.82 Å². The molecule has 0 aliphatic carbocycles. The van der Waals surface area contributed by atoms with Crippen LogP contribution in [0.25, 0.3) is 27.6 Å². The highest BCUT2D eigenvalue weighted by atomic mass is 16.5. The number of ether oxygens (including phenoxy) is 2. The van der Waals surface area contributed by atoms with Gasteiger partial charge in [-0.05, 0) is 35.9 Å². The molecule has 9 nitrogen and oxygen atoms in total. The van der Waals surface area contributed by atoms with Gasteiger partial charge in [0.05, 0.1) is 47.8 Å². The van der Waals surface area contributed by atoms with Crippen molar-refractivity contribution in [3.63, 3.8) is 0 Å². The second-order valence-electron chi connectivity index (χ2n) is 7.87. The van der Waals surface area contributed by atoms with Crippen molar-refractivity contribution >= 4 is 21.8 Å². The molecule has 0 bridgehead atoms. The summed E-state index contributed by atoms with van der Waals surface area (Å²) in [4.78, 5) is 30.9. The molecule has 1 N–H and O–H groups in total. The maximum atomic E-state index is 13.3. The van der Waals surface area contributed by atoms with Gasteiger partial charge in [0.15, 0.2) is 11.5 Å². The van der Waals surface area contributed by atoms with Crippen LogP contribution >= 0.6 is 0 Å². The van der Waals surface area contributed by atoms with Crippen LogP contribution in [0.3, 0.4) is 0 Å². The highest BCUT2D eigenvalue weighted by molar-refractivity contribution is 5.91. The van der Waals surface area contributed by atoms with Crippen molar-refractivity contribution in [1.29, 1.82) is 0 Å². The molecule has 1 aliphatic heterocycles. The van der Waals surface area contributed by atoms with Crippen molar-refractivity contribution in [3.8, 4) is 17.3 Å². The quantitative estimate of drug-likeness (QED) is 0.432. The first-order chi connectivity index (χ1) is 16.2. The van der Waals surface area contributed by atoms with Crippen molar-refractivity contribution in [2.45, 2.75) is 13.0 Å². The van der Waals surface area contributed by atoms with E-state index >= 15 is 0 Å². The van der Waals surface area contributed by atoms with Gasteiger partial charge in [0, 0.05) is 24.9 Å². The minimum Gasteiger partial charge on any atom is -0.490 e. The van der Waals surface area contributed by atoms with Crippen LogP contribution in [0.15, 0.2) is 70.6 Å². The lowest BCUT2D eigenvalue weighted by molar-refractivity contribution is 0.297. The molecule has 33 heavy (non-hydrogen) atoms. The minimum absolute atomic E-state index is 0.217.